The normalized spacial score (nSPS) is 12.4. The predicted molar refractivity (Wildman–Crippen MR) is 162 cm³/mol. The average Bonchev–Trinajstić information content (AvgIpc) is 2.86. The maximum Gasteiger partial charge on any atom is 0.00388 e. The maximum absolute atomic E-state index is 6.31. The second kappa shape index (κ2) is 32.0. The van der Waals surface area contributed by atoms with Crippen molar-refractivity contribution in [3.8, 4) is 0 Å². The SMILES string of the molecule is CCCCCCCCCCCCCCCCCCCCCCCCCC(N)CCCCCCCC. The van der Waals surface area contributed by atoms with E-state index in [9.17, 15) is 0 Å². The molecule has 0 spiro atoms. The van der Waals surface area contributed by atoms with E-state index in [1.54, 1.807) is 0 Å². The van der Waals surface area contributed by atoms with Gasteiger partial charge < -0.3 is 5.73 Å². The van der Waals surface area contributed by atoms with Gasteiger partial charge in [0.2, 0.25) is 0 Å². The van der Waals surface area contributed by atoms with E-state index in [0.717, 1.165) is 0 Å². The molecular weight excluding hydrogens is 422 g/mol. The van der Waals surface area contributed by atoms with Gasteiger partial charge in [0.1, 0.15) is 0 Å². The minimum atomic E-state index is 0.469. The second-order valence-corrected chi connectivity index (χ2v) is 11.9. The maximum atomic E-state index is 6.31. The highest BCUT2D eigenvalue weighted by Gasteiger charge is 2.02. The summed E-state index contributed by atoms with van der Waals surface area (Å²) < 4.78 is 0. The molecule has 0 rings (SSSR count). The number of unbranched alkanes of at least 4 members (excludes halogenated alkanes) is 27. The molecule has 0 fully saturated rings. The lowest BCUT2D eigenvalue weighted by molar-refractivity contribution is 0.480. The van der Waals surface area contributed by atoms with Gasteiger partial charge >= 0.3 is 0 Å². The van der Waals surface area contributed by atoms with Crippen LogP contribution < -0.4 is 5.73 Å². The average molecular weight is 494 g/mol. The van der Waals surface area contributed by atoms with Crippen molar-refractivity contribution in [1.29, 1.82) is 0 Å². The fourth-order valence-electron chi connectivity index (χ4n) is 5.52. The number of nitrogens with two attached hydrogens (primary N) is 1. The Bertz CT molecular complexity index is 352. The van der Waals surface area contributed by atoms with Crippen LogP contribution in [0.2, 0.25) is 0 Å². The molecule has 0 aromatic heterocycles. The zero-order valence-electron chi connectivity index (χ0n) is 25.1. The molecule has 1 nitrogen and oxygen atoms in total. The molecule has 0 amide bonds. The van der Waals surface area contributed by atoms with Crippen LogP contribution in [-0.4, -0.2) is 6.04 Å². The fraction of sp³-hybridized carbons (Fsp3) is 1.00. The Kier molecular flexibility index (Phi) is 32.0. The Balaban J connectivity index is 3.08. The highest BCUT2D eigenvalue weighted by molar-refractivity contribution is 4.62. The van der Waals surface area contributed by atoms with Gasteiger partial charge in [-0.15, -0.1) is 0 Å². The number of hydrogen-bond donors (Lipinski definition) is 1. The zero-order valence-corrected chi connectivity index (χ0v) is 25.1. The van der Waals surface area contributed by atoms with Gasteiger partial charge in [-0.3, -0.25) is 0 Å². The quantitative estimate of drug-likeness (QED) is 0.0954. The van der Waals surface area contributed by atoms with E-state index in [1.165, 1.54) is 199 Å². The van der Waals surface area contributed by atoms with Crippen LogP contribution in [0, 0.1) is 0 Å². The first-order valence-electron chi connectivity index (χ1n) is 17.1. The van der Waals surface area contributed by atoms with Crippen LogP contribution in [0.5, 0.6) is 0 Å². The standard InChI is InChI=1S/C34H71N/c1-3-5-7-9-11-12-13-14-15-16-17-18-19-20-21-22-23-24-25-26-27-29-31-33-34(35)32-30-28-10-8-6-4-2/h34H,3-33,35H2,1-2H3. The molecule has 35 heavy (non-hydrogen) atoms. The summed E-state index contributed by atoms with van der Waals surface area (Å²) in [5.74, 6) is 0. The molecule has 1 heteroatoms. The summed E-state index contributed by atoms with van der Waals surface area (Å²) in [4.78, 5) is 0. The van der Waals surface area contributed by atoms with Crippen LogP contribution in [0.15, 0.2) is 0 Å². The van der Waals surface area contributed by atoms with Crippen LogP contribution in [0.25, 0.3) is 0 Å². The van der Waals surface area contributed by atoms with Gasteiger partial charge in [-0.05, 0) is 12.8 Å². The van der Waals surface area contributed by atoms with Gasteiger partial charge in [-0.1, -0.05) is 200 Å². The van der Waals surface area contributed by atoms with Crippen molar-refractivity contribution in [2.45, 2.75) is 219 Å². The summed E-state index contributed by atoms with van der Waals surface area (Å²) in [7, 11) is 0. The molecule has 0 aromatic carbocycles. The first kappa shape index (κ1) is 35.0. The van der Waals surface area contributed by atoms with Crippen molar-refractivity contribution in [3.63, 3.8) is 0 Å². The van der Waals surface area contributed by atoms with Crippen molar-refractivity contribution in [1.82, 2.24) is 0 Å². The molecule has 0 radical (unpaired) electrons. The van der Waals surface area contributed by atoms with E-state index >= 15 is 0 Å². The van der Waals surface area contributed by atoms with E-state index < -0.39 is 0 Å². The van der Waals surface area contributed by atoms with Gasteiger partial charge in [0.05, 0.1) is 0 Å². The largest absolute Gasteiger partial charge is 0.328 e. The lowest BCUT2D eigenvalue weighted by Gasteiger charge is -2.11. The van der Waals surface area contributed by atoms with Crippen LogP contribution in [0.3, 0.4) is 0 Å². The first-order chi connectivity index (χ1) is 17.3. The lowest BCUT2D eigenvalue weighted by Crippen LogP contribution is -2.19. The Hall–Kier alpha value is -0.0400. The fourth-order valence-corrected chi connectivity index (χ4v) is 5.52. The van der Waals surface area contributed by atoms with E-state index in [4.69, 9.17) is 5.73 Å². The van der Waals surface area contributed by atoms with Crippen LogP contribution in [0.1, 0.15) is 213 Å². The van der Waals surface area contributed by atoms with Crippen LogP contribution in [0.4, 0.5) is 0 Å². The van der Waals surface area contributed by atoms with Crippen molar-refractivity contribution >= 4 is 0 Å². The number of rotatable bonds is 31. The molecule has 0 saturated heterocycles. The molecule has 0 aliphatic heterocycles. The topological polar surface area (TPSA) is 26.0 Å². The molecule has 0 saturated carbocycles. The highest BCUT2D eigenvalue weighted by atomic mass is 14.6. The van der Waals surface area contributed by atoms with Crippen molar-refractivity contribution in [2.24, 2.45) is 5.73 Å². The summed E-state index contributed by atoms with van der Waals surface area (Å²) in [6, 6.07) is 0.469. The van der Waals surface area contributed by atoms with E-state index in [1.807, 2.05) is 0 Å². The summed E-state index contributed by atoms with van der Waals surface area (Å²) in [6.07, 6.45) is 44.5. The first-order valence-corrected chi connectivity index (χ1v) is 17.1. The Morgan fingerprint density at radius 3 is 0.657 bits per heavy atom. The molecule has 1 atom stereocenters. The number of hydrogen-bond acceptors (Lipinski definition) is 1. The molecular formula is C34H71N. The van der Waals surface area contributed by atoms with Gasteiger partial charge in [0.15, 0.2) is 0 Å². The molecule has 0 heterocycles. The second-order valence-electron chi connectivity index (χ2n) is 11.9. The van der Waals surface area contributed by atoms with E-state index in [-0.39, 0.29) is 0 Å². The lowest BCUT2D eigenvalue weighted by atomic mass is 10.0. The molecule has 0 aromatic rings. The molecule has 212 valence electrons. The predicted octanol–water partition coefficient (Wildman–Crippen LogP) is 12.4. The third kappa shape index (κ3) is 31.9. The molecule has 2 N–H and O–H groups in total. The minimum absolute atomic E-state index is 0.469. The Labute approximate surface area is 224 Å². The Morgan fingerprint density at radius 2 is 0.457 bits per heavy atom. The van der Waals surface area contributed by atoms with E-state index in [2.05, 4.69) is 13.8 Å². The van der Waals surface area contributed by atoms with Crippen LogP contribution in [-0.2, 0) is 0 Å². The van der Waals surface area contributed by atoms with Crippen molar-refractivity contribution in [2.75, 3.05) is 0 Å². The minimum Gasteiger partial charge on any atom is -0.328 e. The molecule has 0 bridgehead atoms. The summed E-state index contributed by atoms with van der Waals surface area (Å²) in [5, 5.41) is 0. The summed E-state index contributed by atoms with van der Waals surface area (Å²) in [5.41, 5.74) is 6.31. The van der Waals surface area contributed by atoms with Crippen molar-refractivity contribution in [3.05, 3.63) is 0 Å². The third-order valence-electron chi connectivity index (χ3n) is 8.11. The Morgan fingerprint density at radius 1 is 0.286 bits per heavy atom. The monoisotopic (exact) mass is 494 g/mol. The van der Waals surface area contributed by atoms with Gasteiger partial charge in [-0.25, -0.2) is 0 Å². The van der Waals surface area contributed by atoms with Crippen LogP contribution >= 0.6 is 0 Å². The third-order valence-corrected chi connectivity index (χ3v) is 8.11. The zero-order chi connectivity index (χ0) is 25.5. The van der Waals surface area contributed by atoms with Gasteiger partial charge in [0.25, 0.3) is 0 Å². The molecule has 1 unspecified atom stereocenters. The summed E-state index contributed by atoms with van der Waals surface area (Å²) in [6.45, 7) is 4.59. The smallest absolute Gasteiger partial charge is 0.00388 e. The highest BCUT2D eigenvalue weighted by Crippen LogP contribution is 2.16. The molecule has 0 aliphatic rings. The van der Waals surface area contributed by atoms with Crippen molar-refractivity contribution < 1.29 is 0 Å². The summed E-state index contributed by atoms with van der Waals surface area (Å²) >= 11 is 0. The van der Waals surface area contributed by atoms with Gasteiger partial charge in [0, 0.05) is 6.04 Å². The molecule has 0 aliphatic carbocycles. The van der Waals surface area contributed by atoms with E-state index in [0.29, 0.717) is 6.04 Å². The van der Waals surface area contributed by atoms with Gasteiger partial charge in [-0.2, -0.15) is 0 Å².